The Labute approximate surface area is 116 Å². The topological polar surface area (TPSA) is 17.1 Å². The monoisotopic (exact) mass is 302 g/mol. The molecule has 0 saturated carbocycles. The van der Waals surface area contributed by atoms with Crippen LogP contribution in [0, 0.1) is 6.92 Å². The van der Waals surface area contributed by atoms with Crippen LogP contribution in [-0.4, -0.2) is 5.78 Å². The van der Waals surface area contributed by atoms with Crippen LogP contribution in [0.15, 0.2) is 46.9 Å². The molecule has 0 radical (unpaired) electrons. The van der Waals surface area contributed by atoms with Crippen molar-refractivity contribution in [1.29, 1.82) is 0 Å². The largest absolute Gasteiger partial charge is 0.289 e. The van der Waals surface area contributed by atoms with Crippen molar-refractivity contribution >= 4 is 21.7 Å². The third-order valence-electron chi connectivity index (χ3n) is 2.99. The van der Waals surface area contributed by atoms with Crippen molar-refractivity contribution in [1.82, 2.24) is 0 Å². The summed E-state index contributed by atoms with van der Waals surface area (Å²) in [5.74, 6) is 0.0597. The Kier molecular flexibility index (Phi) is 3.97. The number of halogens is 1. The maximum Gasteiger partial charge on any atom is 0.194 e. The molecule has 0 unspecified atom stereocenters. The predicted octanol–water partition coefficient (Wildman–Crippen LogP) is 4.55. The van der Waals surface area contributed by atoms with E-state index < -0.39 is 0 Å². The van der Waals surface area contributed by atoms with Crippen LogP contribution < -0.4 is 0 Å². The lowest BCUT2D eigenvalue weighted by molar-refractivity contribution is 0.103. The molecule has 0 heterocycles. The van der Waals surface area contributed by atoms with Crippen LogP contribution in [0.3, 0.4) is 0 Å². The van der Waals surface area contributed by atoms with Crippen LogP contribution >= 0.6 is 15.9 Å². The summed E-state index contributed by atoms with van der Waals surface area (Å²) in [6.45, 7) is 4.11. The van der Waals surface area contributed by atoms with Crippen LogP contribution in [0.4, 0.5) is 0 Å². The Bertz CT molecular complexity index is 570. The Morgan fingerprint density at radius 3 is 2.33 bits per heavy atom. The number of carbonyl (C=O) groups is 1. The van der Waals surface area contributed by atoms with Gasteiger partial charge in [0.2, 0.25) is 0 Å². The number of ketones is 1. The number of rotatable bonds is 3. The lowest BCUT2D eigenvalue weighted by atomic mass is 10.0. The molecule has 2 rings (SSSR count). The molecule has 1 nitrogen and oxygen atoms in total. The second-order valence-corrected chi connectivity index (χ2v) is 5.22. The minimum Gasteiger partial charge on any atom is -0.289 e. The van der Waals surface area contributed by atoms with E-state index in [0.29, 0.717) is 5.56 Å². The van der Waals surface area contributed by atoms with Gasteiger partial charge in [-0.25, -0.2) is 0 Å². The minimum absolute atomic E-state index is 0.0597. The summed E-state index contributed by atoms with van der Waals surface area (Å²) < 4.78 is 0.854. The van der Waals surface area contributed by atoms with Gasteiger partial charge < -0.3 is 0 Å². The van der Waals surface area contributed by atoms with Crippen molar-refractivity contribution in [2.24, 2.45) is 0 Å². The van der Waals surface area contributed by atoms with E-state index in [0.717, 1.165) is 22.0 Å². The fourth-order valence-electron chi connectivity index (χ4n) is 1.85. The molecule has 0 amide bonds. The minimum atomic E-state index is 0.0597. The number of carbonyl (C=O) groups excluding carboxylic acids is 1. The van der Waals surface area contributed by atoms with Crippen molar-refractivity contribution < 1.29 is 4.79 Å². The Morgan fingerprint density at radius 2 is 1.78 bits per heavy atom. The molecule has 0 spiro atoms. The van der Waals surface area contributed by atoms with E-state index in [1.807, 2.05) is 49.4 Å². The Hall–Kier alpha value is -1.41. The van der Waals surface area contributed by atoms with E-state index in [1.165, 1.54) is 5.56 Å². The molecule has 0 aliphatic carbocycles. The molecule has 0 aliphatic heterocycles. The Balaban J connectivity index is 2.35. The molecule has 2 heteroatoms. The highest BCUT2D eigenvalue weighted by Gasteiger charge is 2.12. The van der Waals surface area contributed by atoms with Gasteiger partial charge in [0.05, 0.1) is 0 Å². The van der Waals surface area contributed by atoms with Crippen molar-refractivity contribution in [2.75, 3.05) is 0 Å². The molecule has 0 aromatic heterocycles. The first-order valence-electron chi connectivity index (χ1n) is 6.01. The zero-order valence-corrected chi connectivity index (χ0v) is 12.1. The van der Waals surface area contributed by atoms with Gasteiger partial charge in [-0.3, -0.25) is 4.79 Å². The summed E-state index contributed by atoms with van der Waals surface area (Å²) in [4.78, 5) is 12.3. The van der Waals surface area contributed by atoms with Crippen molar-refractivity contribution in [2.45, 2.75) is 20.3 Å². The van der Waals surface area contributed by atoms with Crippen LogP contribution in [0.25, 0.3) is 0 Å². The van der Waals surface area contributed by atoms with E-state index in [4.69, 9.17) is 0 Å². The third kappa shape index (κ3) is 2.70. The number of aryl methyl sites for hydroxylation is 2. The third-order valence-corrected chi connectivity index (χ3v) is 3.65. The van der Waals surface area contributed by atoms with E-state index in [1.54, 1.807) is 0 Å². The number of hydrogen-bond acceptors (Lipinski definition) is 1. The Morgan fingerprint density at radius 1 is 1.11 bits per heavy atom. The van der Waals surface area contributed by atoms with Crippen LogP contribution in [-0.2, 0) is 6.42 Å². The zero-order valence-electron chi connectivity index (χ0n) is 10.5. The van der Waals surface area contributed by atoms with Crippen molar-refractivity contribution in [3.8, 4) is 0 Å². The van der Waals surface area contributed by atoms with Gasteiger partial charge in [0.1, 0.15) is 0 Å². The molecular formula is C16H15BrO. The molecular weight excluding hydrogens is 288 g/mol. The molecule has 0 fully saturated rings. The summed E-state index contributed by atoms with van der Waals surface area (Å²) in [6.07, 6.45) is 0.989. The van der Waals surface area contributed by atoms with Gasteiger partial charge >= 0.3 is 0 Å². The number of benzene rings is 2. The molecule has 0 N–H and O–H groups in total. The SMILES string of the molecule is CCc1ccc(C(=O)c2ccc(C)cc2Br)cc1. The molecule has 92 valence electrons. The molecule has 18 heavy (non-hydrogen) atoms. The predicted molar refractivity (Wildman–Crippen MR) is 78.1 cm³/mol. The summed E-state index contributed by atoms with van der Waals surface area (Å²) >= 11 is 3.45. The molecule has 2 aromatic rings. The fourth-order valence-corrected chi connectivity index (χ4v) is 2.52. The first-order valence-corrected chi connectivity index (χ1v) is 6.81. The average Bonchev–Trinajstić information content (AvgIpc) is 2.38. The fraction of sp³-hybridized carbons (Fsp3) is 0.188. The molecule has 0 aliphatic rings. The summed E-state index contributed by atoms with van der Waals surface area (Å²) in [5.41, 5.74) is 3.83. The quantitative estimate of drug-likeness (QED) is 0.760. The lowest BCUT2D eigenvalue weighted by Gasteiger charge is -2.05. The molecule has 0 bridgehead atoms. The second-order valence-electron chi connectivity index (χ2n) is 4.36. The maximum atomic E-state index is 12.3. The average molecular weight is 303 g/mol. The second kappa shape index (κ2) is 5.49. The summed E-state index contributed by atoms with van der Waals surface area (Å²) in [7, 11) is 0. The first-order chi connectivity index (χ1) is 8.61. The van der Waals surface area contributed by atoms with Crippen LogP contribution in [0.1, 0.15) is 34.0 Å². The maximum absolute atomic E-state index is 12.3. The van der Waals surface area contributed by atoms with Gasteiger partial charge in [0.15, 0.2) is 5.78 Å². The van der Waals surface area contributed by atoms with E-state index in [2.05, 4.69) is 22.9 Å². The van der Waals surface area contributed by atoms with Gasteiger partial charge in [0.25, 0.3) is 0 Å². The van der Waals surface area contributed by atoms with Gasteiger partial charge in [0, 0.05) is 15.6 Å². The summed E-state index contributed by atoms with van der Waals surface area (Å²) in [6, 6.07) is 13.6. The van der Waals surface area contributed by atoms with Gasteiger partial charge in [-0.1, -0.05) is 53.2 Å². The molecule has 0 atom stereocenters. The van der Waals surface area contributed by atoms with Crippen molar-refractivity contribution in [3.05, 3.63) is 69.2 Å². The summed E-state index contributed by atoms with van der Waals surface area (Å²) in [5, 5.41) is 0. The van der Waals surface area contributed by atoms with Gasteiger partial charge in [-0.15, -0.1) is 0 Å². The molecule has 2 aromatic carbocycles. The van der Waals surface area contributed by atoms with Crippen LogP contribution in [0.2, 0.25) is 0 Å². The van der Waals surface area contributed by atoms with E-state index in [-0.39, 0.29) is 5.78 Å². The highest BCUT2D eigenvalue weighted by molar-refractivity contribution is 9.10. The van der Waals surface area contributed by atoms with E-state index >= 15 is 0 Å². The molecule has 0 saturated heterocycles. The highest BCUT2D eigenvalue weighted by atomic mass is 79.9. The van der Waals surface area contributed by atoms with Crippen LogP contribution in [0.5, 0.6) is 0 Å². The van der Waals surface area contributed by atoms with Gasteiger partial charge in [-0.2, -0.15) is 0 Å². The zero-order chi connectivity index (χ0) is 13.1. The smallest absolute Gasteiger partial charge is 0.194 e. The number of hydrogen-bond donors (Lipinski definition) is 0. The first kappa shape index (κ1) is 13.0. The van der Waals surface area contributed by atoms with Crippen molar-refractivity contribution in [3.63, 3.8) is 0 Å². The standard InChI is InChI=1S/C16H15BrO/c1-3-12-5-7-13(8-6-12)16(18)14-9-4-11(2)10-15(14)17/h4-10H,3H2,1-2H3. The highest BCUT2D eigenvalue weighted by Crippen LogP contribution is 2.21. The lowest BCUT2D eigenvalue weighted by Crippen LogP contribution is -2.02. The van der Waals surface area contributed by atoms with Gasteiger partial charge in [-0.05, 0) is 36.6 Å². The normalized spacial score (nSPS) is 10.4. The van der Waals surface area contributed by atoms with E-state index in [9.17, 15) is 4.79 Å².